The van der Waals surface area contributed by atoms with E-state index in [0.29, 0.717) is 0 Å². The molecule has 2 aromatic heterocycles. The van der Waals surface area contributed by atoms with Crippen molar-refractivity contribution in [1.29, 1.82) is 0 Å². The fourth-order valence-electron chi connectivity index (χ4n) is 1.50. The van der Waals surface area contributed by atoms with Gasteiger partial charge in [-0.15, -0.1) is 0 Å². The van der Waals surface area contributed by atoms with E-state index in [1.807, 2.05) is 24.4 Å². The molecule has 2 heterocycles. The summed E-state index contributed by atoms with van der Waals surface area (Å²) in [6.07, 6.45) is 2.65. The summed E-state index contributed by atoms with van der Waals surface area (Å²) < 4.78 is 6.25. The number of hydrogen-bond acceptors (Lipinski definition) is 2. The number of furan rings is 1. The first-order valence-corrected chi connectivity index (χ1v) is 6.67. The molecular formula is C12H11Br2NO. The van der Waals surface area contributed by atoms with Crippen LogP contribution in [0.25, 0.3) is 0 Å². The number of aromatic nitrogens is 1. The van der Waals surface area contributed by atoms with Crippen LogP contribution in [0.15, 0.2) is 39.5 Å². The first kappa shape index (κ1) is 11.9. The molecule has 0 aromatic carbocycles. The molecule has 84 valence electrons. The smallest absolute Gasteiger partial charge is 0.169 e. The second-order valence-electron chi connectivity index (χ2n) is 3.58. The summed E-state index contributed by atoms with van der Waals surface area (Å²) in [5, 5.41) is 0. The molecule has 0 spiro atoms. The fourth-order valence-corrected chi connectivity index (χ4v) is 2.37. The van der Waals surface area contributed by atoms with Crippen molar-refractivity contribution in [2.75, 3.05) is 0 Å². The maximum atomic E-state index is 5.50. The van der Waals surface area contributed by atoms with Crippen LogP contribution in [0.5, 0.6) is 0 Å². The lowest BCUT2D eigenvalue weighted by Gasteiger charge is -2.08. The van der Waals surface area contributed by atoms with Crippen molar-refractivity contribution in [3.8, 4) is 0 Å². The Balaban J connectivity index is 2.13. The quantitative estimate of drug-likeness (QED) is 0.770. The van der Waals surface area contributed by atoms with E-state index < -0.39 is 0 Å². The minimum absolute atomic E-state index is 0.160. The van der Waals surface area contributed by atoms with Crippen molar-refractivity contribution in [2.45, 2.75) is 18.2 Å². The first-order valence-electron chi connectivity index (χ1n) is 4.96. The zero-order valence-electron chi connectivity index (χ0n) is 8.78. The molecule has 2 rings (SSSR count). The predicted molar refractivity (Wildman–Crippen MR) is 70.8 cm³/mol. The predicted octanol–water partition coefficient (Wildman–Crippen LogP) is 4.42. The SMILES string of the molecule is Cc1cccnc1CC(Br)c1ccc(Br)o1. The zero-order chi connectivity index (χ0) is 11.5. The summed E-state index contributed by atoms with van der Waals surface area (Å²) in [7, 11) is 0. The molecule has 0 aliphatic heterocycles. The third-order valence-corrected chi connectivity index (χ3v) is 3.59. The Labute approximate surface area is 111 Å². The van der Waals surface area contributed by atoms with E-state index in [4.69, 9.17) is 4.42 Å². The Hall–Kier alpha value is -0.610. The number of aryl methyl sites for hydroxylation is 1. The molecule has 2 aromatic rings. The highest BCUT2D eigenvalue weighted by Crippen LogP contribution is 2.30. The van der Waals surface area contributed by atoms with Gasteiger partial charge in [-0.1, -0.05) is 22.0 Å². The molecule has 0 aliphatic rings. The maximum absolute atomic E-state index is 5.50. The van der Waals surface area contributed by atoms with Crippen molar-refractivity contribution in [1.82, 2.24) is 4.98 Å². The van der Waals surface area contributed by atoms with Crippen LogP contribution >= 0.6 is 31.9 Å². The van der Waals surface area contributed by atoms with Crippen LogP contribution in [0.3, 0.4) is 0 Å². The van der Waals surface area contributed by atoms with Crippen LogP contribution in [0.4, 0.5) is 0 Å². The van der Waals surface area contributed by atoms with Crippen molar-refractivity contribution in [3.63, 3.8) is 0 Å². The van der Waals surface area contributed by atoms with Gasteiger partial charge in [-0.25, -0.2) is 0 Å². The third-order valence-electron chi connectivity index (χ3n) is 2.39. The number of rotatable bonds is 3. The van der Waals surface area contributed by atoms with Gasteiger partial charge in [0.15, 0.2) is 4.67 Å². The minimum atomic E-state index is 0.160. The topological polar surface area (TPSA) is 26.0 Å². The molecule has 0 amide bonds. The second-order valence-corrected chi connectivity index (χ2v) is 5.47. The van der Waals surface area contributed by atoms with Crippen LogP contribution in [-0.2, 0) is 6.42 Å². The van der Waals surface area contributed by atoms with Gasteiger partial charge in [-0.3, -0.25) is 4.98 Å². The number of nitrogens with zero attached hydrogens (tertiary/aromatic N) is 1. The zero-order valence-corrected chi connectivity index (χ0v) is 12.0. The summed E-state index contributed by atoms with van der Waals surface area (Å²) in [6, 6.07) is 7.88. The highest BCUT2D eigenvalue weighted by molar-refractivity contribution is 9.10. The summed E-state index contributed by atoms with van der Waals surface area (Å²) in [5.74, 6) is 0.914. The van der Waals surface area contributed by atoms with E-state index in [0.717, 1.165) is 22.5 Å². The van der Waals surface area contributed by atoms with Crippen LogP contribution in [0.1, 0.15) is 21.8 Å². The average molecular weight is 345 g/mol. The summed E-state index contributed by atoms with van der Waals surface area (Å²) in [5.41, 5.74) is 2.30. The number of alkyl halides is 1. The molecule has 2 nitrogen and oxygen atoms in total. The van der Waals surface area contributed by atoms with Gasteiger partial charge in [0, 0.05) is 18.3 Å². The maximum Gasteiger partial charge on any atom is 0.169 e. The van der Waals surface area contributed by atoms with Gasteiger partial charge in [0.25, 0.3) is 0 Å². The molecule has 4 heteroatoms. The van der Waals surface area contributed by atoms with Crippen LogP contribution in [0.2, 0.25) is 0 Å². The van der Waals surface area contributed by atoms with Gasteiger partial charge < -0.3 is 4.42 Å². The van der Waals surface area contributed by atoms with Gasteiger partial charge in [0.2, 0.25) is 0 Å². The average Bonchev–Trinajstić information content (AvgIpc) is 2.68. The molecular weight excluding hydrogens is 334 g/mol. The lowest BCUT2D eigenvalue weighted by atomic mass is 10.1. The number of halogens is 2. The Bertz CT molecular complexity index is 481. The van der Waals surface area contributed by atoms with Gasteiger partial charge in [0.1, 0.15) is 5.76 Å². The van der Waals surface area contributed by atoms with Crippen molar-refractivity contribution >= 4 is 31.9 Å². The van der Waals surface area contributed by atoms with E-state index in [9.17, 15) is 0 Å². The molecule has 16 heavy (non-hydrogen) atoms. The van der Waals surface area contributed by atoms with E-state index in [-0.39, 0.29) is 4.83 Å². The molecule has 0 aliphatic carbocycles. The van der Waals surface area contributed by atoms with Gasteiger partial charge >= 0.3 is 0 Å². The minimum Gasteiger partial charge on any atom is -0.453 e. The molecule has 1 unspecified atom stereocenters. The van der Waals surface area contributed by atoms with E-state index in [1.54, 1.807) is 0 Å². The Kier molecular flexibility index (Phi) is 3.82. The van der Waals surface area contributed by atoms with E-state index >= 15 is 0 Å². The normalized spacial score (nSPS) is 12.7. The monoisotopic (exact) mass is 343 g/mol. The highest BCUT2D eigenvalue weighted by atomic mass is 79.9. The van der Waals surface area contributed by atoms with Gasteiger partial charge in [-0.05, 0) is 46.6 Å². The van der Waals surface area contributed by atoms with Crippen LogP contribution < -0.4 is 0 Å². The molecule has 0 bridgehead atoms. The Morgan fingerprint density at radius 1 is 1.38 bits per heavy atom. The lowest BCUT2D eigenvalue weighted by molar-refractivity contribution is 0.485. The molecule has 0 N–H and O–H groups in total. The van der Waals surface area contributed by atoms with Crippen LogP contribution in [-0.4, -0.2) is 4.98 Å². The molecule has 0 fully saturated rings. The van der Waals surface area contributed by atoms with Gasteiger partial charge in [0.05, 0.1) is 4.83 Å². The summed E-state index contributed by atoms with van der Waals surface area (Å²) >= 11 is 6.91. The van der Waals surface area contributed by atoms with Gasteiger partial charge in [-0.2, -0.15) is 0 Å². The Morgan fingerprint density at radius 2 is 2.19 bits per heavy atom. The summed E-state index contributed by atoms with van der Waals surface area (Å²) in [6.45, 7) is 2.07. The van der Waals surface area contributed by atoms with Crippen molar-refractivity contribution in [2.24, 2.45) is 0 Å². The number of hydrogen-bond donors (Lipinski definition) is 0. The van der Waals surface area contributed by atoms with Crippen molar-refractivity contribution < 1.29 is 4.42 Å². The van der Waals surface area contributed by atoms with E-state index in [2.05, 4.69) is 49.8 Å². The Morgan fingerprint density at radius 3 is 2.81 bits per heavy atom. The first-order chi connectivity index (χ1) is 7.66. The fraction of sp³-hybridized carbons (Fsp3) is 0.250. The molecule has 1 atom stereocenters. The standard InChI is InChI=1S/C12H11Br2NO/c1-8-3-2-6-15-10(8)7-9(13)11-4-5-12(14)16-11/h2-6,9H,7H2,1H3. The third kappa shape index (κ3) is 2.74. The van der Waals surface area contributed by atoms with Crippen LogP contribution in [0, 0.1) is 6.92 Å². The molecule has 0 saturated carbocycles. The largest absolute Gasteiger partial charge is 0.453 e. The second kappa shape index (κ2) is 5.15. The summed E-state index contributed by atoms with van der Waals surface area (Å²) in [4.78, 5) is 4.53. The lowest BCUT2D eigenvalue weighted by Crippen LogP contribution is -1.98. The number of pyridine rings is 1. The highest BCUT2D eigenvalue weighted by Gasteiger charge is 2.14. The van der Waals surface area contributed by atoms with Crippen molar-refractivity contribution in [3.05, 3.63) is 52.1 Å². The van der Waals surface area contributed by atoms with E-state index in [1.165, 1.54) is 5.56 Å². The molecule has 0 radical (unpaired) electrons. The molecule has 0 saturated heterocycles.